The second-order valence-corrected chi connectivity index (χ2v) is 5.51. The zero-order valence-corrected chi connectivity index (χ0v) is 11.1. The molecule has 0 heterocycles. The Morgan fingerprint density at radius 2 is 1.19 bits per heavy atom. The fourth-order valence-electron chi connectivity index (χ4n) is 2.46. The summed E-state index contributed by atoms with van der Waals surface area (Å²) in [5.74, 6) is 0. The molecule has 0 fully saturated rings. The summed E-state index contributed by atoms with van der Waals surface area (Å²) in [7, 11) is 0. The SMILES string of the molecule is IC1c2ccccc2CCc2ccccc21. The van der Waals surface area contributed by atoms with Crippen LogP contribution >= 0.6 is 22.6 Å². The Hall–Kier alpha value is -0.830. The maximum Gasteiger partial charge on any atom is 0.0613 e. The number of fused-ring (bicyclic) bond motifs is 2. The van der Waals surface area contributed by atoms with Crippen LogP contribution in [0.25, 0.3) is 0 Å². The van der Waals surface area contributed by atoms with Gasteiger partial charge < -0.3 is 0 Å². The van der Waals surface area contributed by atoms with Crippen molar-refractivity contribution in [2.24, 2.45) is 0 Å². The predicted molar refractivity (Wildman–Crippen MR) is 76.2 cm³/mol. The summed E-state index contributed by atoms with van der Waals surface area (Å²) >= 11 is 2.56. The molecule has 0 bridgehead atoms. The first-order valence-corrected chi connectivity index (χ1v) is 6.90. The van der Waals surface area contributed by atoms with Gasteiger partial charge in [-0.15, -0.1) is 0 Å². The van der Waals surface area contributed by atoms with E-state index in [1.54, 1.807) is 0 Å². The molecular formula is C15H13I. The average Bonchev–Trinajstić information content (AvgIpc) is 2.49. The highest BCUT2D eigenvalue weighted by Gasteiger charge is 2.19. The van der Waals surface area contributed by atoms with Crippen LogP contribution in [-0.4, -0.2) is 0 Å². The number of halogens is 1. The van der Waals surface area contributed by atoms with Gasteiger partial charge in [-0.25, -0.2) is 0 Å². The highest BCUT2D eigenvalue weighted by atomic mass is 127. The molecule has 0 spiro atoms. The highest BCUT2D eigenvalue weighted by Crippen LogP contribution is 2.38. The Labute approximate surface area is 110 Å². The van der Waals surface area contributed by atoms with E-state index >= 15 is 0 Å². The zero-order chi connectivity index (χ0) is 11.0. The second kappa shape index (κ2) is 4.21. The summed E-state index contributed by atoms with van der Waals surface area (Å²) in [6.07, 6.45) is 2.35. The van der Waals surface area contributed by atoms with Crippen LogP contribution in [0.3, 0.4) is 0 Å². The molecule has 0 aromatic heterocycles. The fraction of sp³-hybridized carbons (Fsp3) is 0.200. The number of aryl methyl sites for hydroxylation is 2. The van der Waals surface area contributed by atoms with Crippen molar-refractivity contribution in [3.05, 3.63) is 70.8 Å². The van der Waals surface area contributed by atoms with Crippen molar-refractivity contribution in [2.75, 3.05) is 0 Å². The Morgan fingerprint density at radius 3 is 1.69 bits per heavy atom. The molecule has 0 amide bonds. The summed E-state index contributed by atoms with van der Waals surface area (Å²) in [5, 5.41) is 0. The molecule has 3 rings (SSSR count). The Balaban J connectivity index is 2.18. The van der Waals surface area contributed by atoms with E-state index in [-0.39, 0.29) is 0 Å². The first kappa shape index (κ1) is 10.3. The minimum Gasteiger partial charge on any atom is -0.0722 e. The van der Waals surface area contributed by atoms with E-state index in [2.05, 4.69) is 71.1 Å². The molecule has 2 aromatic carbocycles. The lowest BCUT2D eigenvalue weighted by Gasteiger charge is -2.13. The molecule has 0 radical (unpaired) electrons. The van der Waals surface area contributed by atoms with Crippen LogP contribution in [0.1, 0.15) is 26.2 Å². The topological polar surface area (TPSA) is 0 Å². The Bertz CT molecular complexity index is 469. The molecule has 80 valence electrons. The lowest BCUT2D eigenvalue weighted by molar-refractivity contribution is 0.965. The quantitative estimate of drug-likeness (QED) is 0.501. The molecule has 2 aromatic rings. The molecule has 0 saturated heterocycles. The van der Waals surface area contributed by atoms with E-state index < -0.39 is 0 Å². The van der Waals surface area contributed by atoms with E-state index in [1.165, 1.54) is 35.1 Å². The van der Waals surface area contributed by atoms with Crippen molar-refractivity contribution >= 4 is 22.6 Å². The molecular weight excluding hydrogens is 307 g/mol. The summed E-state index contributed by atoms with van der Waals surface area (Å²) in [6, 6.07) is 17.7. The highest BCUT2D eigenvalue weighted by molar-refractivity contribution is 14.1. The summed E-state index contributed by atoms with van der Waals surface area (Å²) in [4.78, 5) is 0. The van der Waals surface area contributed by atoms with Crippen LogP contribution in [0.4, 0.5) is 0 Å². The van der Waals surface area contributed by atoms with Crippen molar-refractivity contribution < 1.29 is 0 Å². The van der Waals surface area contributed by atoms with E-state index in [9.17, 15) is 0 Å². The van der Waals surface area contributed by atoms with Gasteiger partial charge in [-0.05, 0) is 35.1 Å². The van der Waals surface area contributed by atoms with Crippen LogP contribution in [0.2, 0.25) is 0 Å². The molecule has 16 heavy (non-hydrogen) atoms. The largest absolute Gasteiger partial charge is 0.0722 e. The van der Waals surface area contributed by atoms with Crippen LogP contribution in [-0.2, 0) is 12.8 Å². The van der Waals surface area contributed by atoms with Gasteiger partial charge in [0.05, 0.1) is 3.92 Å². The van der Waals surface area contributed by atoms with Crippen molar-refractivity contribution in [1.82, 2.24) is 0 Å². The molecule has 0 saturated carbocycles. The van der Waals surface area contributed by atoms with Crippen molar-refractivity contribution in [2.45, 2.75) is 16.8 Å². The van der Waals surface area contributed by atoms with Crippen LogP contribution in [0, 0.1) is 0 Å². The van der Waals surface area contributed by atoms with Gasteiger partial charge in [-0.2, -0.15) is 0 Å². The summed E-state index contributed by atoms with van der Waals surface area (Å²) in [5.41, 5.74) is 6.01. The lowest BCUT2D eigenvalue weighted by atomic mass is 10.0. The molecule has 0 atom stereocenters. The fourth-order valence-corrected chi connectivity index (χ4v) is 3.67. The third-order valence-corrected chi connectivity index (χ3v) is 4.66. The van der Waals surface area contributed by atoms with E-state index in [4.69, 9.17) is 0 Å². The molecule has 0 nitrogen and oxygen atoms in total. The molecule has 1 heteroatoms. The molecule has 0 aliphatic heterocycles. The first-order chi connectivity index (χ1) is 7.86. The predicted octanol–water partition coefficient (Wildman–Crippen LogP) is 4.31. The van der Waals surface area contributed by atoms with Crippen LogP contribution < -0.4 is 0 Å². The van der Waals surface area contributed by atoms with Gasteiger partial charge in [0.15, 0.2) is 0 Å². The normalized spacial score (nSPS) is 15.1. The van der Waals surface area contributed by atoms with Crippen LogP contribution in [0.5, 0.6) is 0 Å². The zero-order valence-electron chi connectivity index (χ0n) is 8.99. The van der Waals surface area contributed by atoms with Crippen molar-refractivity contribution in [1.29, 1.82) is 0 Å². The monoisotopic (exact) mass is 320 g/mol. The van der Waals surface area contributed by atoms with Gasteiger partial charge >= 0.3 is 0 Å². The lowest BCUT2D eigenvalue weighted by Crippen LogP contribution is -1.95. The first-order valence-electron chi connectivity index (χ1n) is 5.66. The summed E-state index contributed by atoms with van der Waals surface area (Å²) < 4.78 is 0.507. The van der Waals surface area contributed by atoms with Crippen molar-refractivity contribution in [3.8, 4) is 0 Å². The molecule has 1 aliphatic rings. The van der Waals surface area contributed by atoms with Gasteiger partial charge in [0, 0.05) is 0 Å². The molecule has 0 unspecified atom stereocenters. The van der Waals surface area contributed by atoms with Gasteiger partial charge in [-0.3, -0.25) is 0 Å². The Morgan fingerprint density at radius 1 is 0.750 bits per heavy atom. The van der Waals surface area contributed by atoms with Crippen LogP contribution in [0.15, 0.2) is 48.5 Å². The van der Waals surface area contributed by atoms with Gasteiger partial charge in [0.2, 0.25) is 0 Å². The van der Waals surface area contributed by atoms with Gasteiger partial charge in [0.25, 0.3) is 0 Å². The molecule has 0 N–H and O–H groups in total. The average molecular weight is 320 g/mol. The maximum absolute atomic E-state index is 2.56. The number of hydrogen-bond acceptors (Lipinski definition) is 0. The standard InChI is InChI=1S/C15H13I/c16-15-13-7-3-1-5-11(13)9-10-12-6-2-4-8-14(12)15/h1-8,15H,9-10H2. The minimum absolute atomic E-state index is 0.507. The smallest absolute Gasteiger partial charge is 0.0613 e. The van der Waals surface area contributed by atoms with Gasteiger partial charge in [-0.1, -0.05) is 71.1 Å². The number of hydrogen-bond donors (Lipinski definition) is 0. The summed E-state index contributed by atoms with van der Waals surface area (Å²) in [6.45, 7) is 0. The third-order valence-electron chi connectivity index (χ3n) is 3.32. The third kappa shape index (κ3) is 1.67. The number of rotatable bonds is 0. The maximum atomic E-state index is 2.56. The van der Waals surface area contributed by atoms with E-state index in [0.29, 0.717) is 3.92 Å². The molecule has 1 aliphatic carbocycles. The minimum atomic E-state index is 0.507. The van der Waals surface area contributed by atoms with Crippen molar-refractivity contribution in [3.63, 3.8) is 0 Å². The van der Waals surface area contributed by atoms with E-state index in [0.717, 1.165) is 0 Å². The second-order valence-electron chi connectivity index (χ2n) is 4.26. The number of alkyl halides is 1. The number of benzene rings is 2. The van der Waals surface area contributed by atoms with Gasteiger partial charge in [0.1, 0.15) is 0 Å². The Kier molecular flexibility index (Phi) is 2.72. The van der Waals surface area contributed by atoms with E-state index in [1.807, 2.05) is 0 Å².